The largest absolute Gasteiger partial charge is 0.496 e. The van der Waals surface area contributed by atoms with E-state index in [1.54, 1.807) is 7.11 Å². The van der Waals surface area contributed by atoms with Crippen LogP contribution in [0.3, 0.4) is 0 Å². The molecule has 7 nitrogen and oxygen atoms in total. The van der Waals surface area contributed by atoms with Crippen LogP contribution in [0.25, 0.3) is 0 Å². The lowest BCUT2D eigenvalue weighted by Crippen LogP contribution is -2.47. The van der Waals surface area contributed by atoms with Gasteiger partial charge in [-0.05, 0) is 31.0 Å². The first-order valence-corrected chi connectivity index (χ1v) is 7.48. The lowest BCUT2D eigenvalue weighted by Gasteiger charge is -2.33. The Hall–Kier alpha value is -2.41. The summed E-state index contributed by atoms with van der Waals surface area (Å²) < 4.78 is 7.23. The van der Waals surface area contributed by atoms with Crippen LogP contribution in [0.5, 0.6) is 5.75 Å². The standard InChI is InChI=1S/C16H20N4O3/c1-10-4-5-12(6-14(10)23-3)7-19-9-15-18-17-11(2)20(15)8-13(19)16(21)22/h4-6,13H,7-9H2,1-3H3,(H,21,22). The van der Waals surface area contributed by atoms with Gasteiger partial charge in [-0.3, -0.25) is 9.69 Å². The molecule has 0 amide bonds. The Labute approximate surface area is 134 Å². The lowest BCUT2D eigenvalue weighted by atomic mass is 10.1. The number of carboxylic acid groups (broad SMARTS) is 1. The summed E-state index contributed by atoms with van der Waals surface area (Å²) in [5.74, 6) is 1.54. The highest BCUT2D eigenvalue weighted by molar-refractivity contribution is 5.73. The molecule has 1 aromatic heterocycles. The second-order valence-electron chi connectivity index (χ2n) is 5.84. The Bertz CT molecular complexity index is 741. The summed E-state index contributed by atoms with van der Waals surface area (Å²) in [5.41, 5.74) is 2.07. The van der Waals surface area contributed by atoms with Crippen LogP contribution < -0.4 is 4.74 Å². The Morgan fingerprint density at radius 3 is 2.87 bits per heavy atom. The number of carboxylic acids is 1. The molecule has 7 heteroatoms. The van der Waals surface area contributed by atoms with Crippen molar-refractivity contribution in [3.8, 4) is 5.75 Å². The van der Waals surface area contributed by atoms with Crippen molar-refractivity contribution in [2.75, 3.05) is 7.11 Å². The molecule has 0 aliphatic carbocycles. The van der Waals surface area contributed by atoms with E-state index in [9.17, 15) is 9.90 Å². The molecular weight excluding hydrogens is 296 g/mol. The molecule has 0 spiro atoms. The third-order valence-corrected chi connectivity index (χ3v) is 4.30. The number of fused-ring (bicyclic) bond motifs is 1. The molecule has 2 heterocycles. The molecular formula is C16H20N4O3. The van der Waals surface area contributed by atoms with Gasteiger partial charge < -0.3 is 14.4 Å². The summed E-state index contributed by atoms with van der Waals surface area (Å²) in [5, 5.41) is 17.8. The van der Waals surface area contributed by atoms with Crippen LogP contribution in [0, 0.1) is 13.8 Å². The van der Waals surface area contributed by atoms with E-state index in [0.29, 0.717) is 19.6 Å². The maximum atomic E-state index is 11.7. The molecule has 0 saturated heterocycles. The van der Waals surface area contributed by atoms with Gasteiger partial charge in [0.1, 0.15) is 23.4 Å². The van der Waals surface area contributed by atoms with Crippen molar-refractivity contribution in [2.45, 2.75) is 39.5 Å². The van der Waals surface area contributed by atoms with Crippen LogP contribution in [-0.2, 0) is 24.4 Å². The smallest absolute Gasteiger partial charge is 0.322 e. The van der Waals surface area contributed by atoms with Crippen LogP contribution in [0.2, 0.25) is 0 Å². The van der Waals surface area contributed by atoms with Gasteiger partial charge in [-0.15, -0.1) is 10.2 Å². The summed E-state index contributed by atoms with van der Waals surface area (Å²) in [6.45, 7) is 5.19. The van der Waals surface area contributed by atoms with E-state index in [1.165, 1.54) is 0 Å². The van der Waals surface area contributed by atoms with E-state index in [1.807, 2.05) is 41.5 Å². The fraction of sp³-hybridized carbons (Fsp3) is 0.438. The topological polar surface area (TPSA) is 80.5 Å². The van der Waals surface area contributed by atoms with Crippen LogP contribution >= 0.6 is 0 Å². The van der Waals surface area contributed by atoms with Gasteiger partial charge >= 0.3 is 5.97 Å². The molecule has 1 aliphatic heterocycles. The zero-order valence-electron chi connectivity index (χ0n) is 13.5. The van der Waals surface area contributed by atoms with E-state index in [2.05, 4.69) is 10.2 Å². The Kier molecular flexibility index (Phi) is 4.04. The maximum absolute atomic E-state index is 11.7. The number of rotatable bonds is 4. The number of carbonyl (C=O) groups is 1. The molecule has 0 fully saturated rings. The number of aliphatic carboxylic acids is 1. The third-order valence-electron chi connectivity index (χ3n) is 4.30. The van der Waals surface area contributed by atoms with Gasteiger partial charge in [-0.2, -0.15) is 0 Å². The third kappa shape index (κ3) is 2.92. The van der Waals surface area contributed by atoms with E-state index < -0.39 is 12.0 Å². The first-order valence-electron chi connectivity index (χ1n) is 7.48. The summed E-state index contributed by atoms with van der Waals surface area (Å²) in [6, 6.07) is 5.35. The van der Waals surface area contributed by atoms with E-state index in [0.717, 1.165) is 28.5 Å². The minimum Gasteiger partial charge on any atom is -0.496 e. The van der Waals surface area contributed by atoms with Gasteiger partial charge in [0, 0.05) is 6.54 Å². The number of nitrogens with zero attached hydrogens (tertiary/aromatic N) is 4. The highest BCUT2D eigenvalue weighted by Crippen LogP contribution is 2.24. The minimum absolute atomic E-state index is 0.368. The zero-order valence-corrected chi connectivity index (χ0v) is 13.5. The maximum Gasteiger partial charge on any atom is 0.322 e. The van der Waals surface area contributed by atoms with Crippen molar-refractivity contribution in [2.24, 2.45) is 0 Å². The summed E-state index contributed by atoms with van der Waals surface area (Å²) in [6.07, 6.45) is 0. The first-order chi connectivity index (χ1) is 11.0. The second kappa shape index (κ2) is 6.00. The highest BCUT2D eigenvalue weighted by Gasteiger charge is 2.33. The van der Waals surface area contributed by atoms with Crippen molar-refractivity contribution in [1.82, 2.24) is 19.7 Å². The Morgan fingerprint density at radius 1 is 1.39 bits per heavy atom. The van der Waals surface area contributed by atoms with Crippen LogP contribution in [-0.4, -0.2) is 43.9 Å². The molecule has 3 rings (SSSR count). The van der Waals surface area contributed by atoms with Gasteiger partial charge in [-0.1, -0.05) is 12.1 Å². The first kappa shape index (κ1) is 15.5. The van der Waals surface area contributed by atoms with E-state index in [-0.39, 0.29) is 0 Å². The van der Waals surface area contributed by atoms with Gasteiger partial charge in [0.15, 0.2) is 0 Å². The Balaban J connectivity index is 1.87. The van der Waals surface area contributed by atoms with Gasteiger partial charge in [0.05, 0.1) is 20.2 Å². The molecule has 122 valence electrons. The zero-order chi connectivity index (χ0) is 16.6. The molecule has 1 atom stereocenters. The fourth-order valence-corrected chi connectivity index (χ4v) is 2.96. The Morgan fingerprint density at radius 2 is 2.17 bits per heavy atom. The summed E-state index contributed by atoms with van der Waals surface area (Å²) >= 11 is 0. The molecule has 0 bridgehead atoms. The molecule has 1 aliphatic rings. The minimum atomic E-state index is -0.831. The molecule has 23 heavy (non-hydrogen) atoms. The molecule has 1 N–H and O–H groups in total. The number of ether oxygens (including phenoxy) is 1. The number of aryl methyl sites for hydroxylation is 2. The SMILES string of the molecule is COc1cc(CN2Cc3nnc(C)n3CC2C(=O)O)ccc1C. The molecule has 0 radical (unpaired) electrons. The number of hydrogen-bond donors (Lipinski definition) is 1. The van der Waals surface area contributed by atoms with Gasteiger partial charge in [0.25, 0.3) is 0 Å². The average molecular weight is 316 g/mol. The van der Waals surface area contributed by atoms with E-state index in [4.69, 9.17) is 4.74 Å². The summed E-state index contributed by atoms with van der Waals surface area (Å²) in [7, 11) is 1.64. The van der Waals surface area contributed by atoms with Crippen molar-refractivity contribution in [3.05, 3.63) is 41.0 Å². The number of aromatic nitrogens is 3. The predicted octanol–water partition coefficient (Wildman–Crippen LogP) is 1.37. The number of hydrogen-bond acceptors (Lipinski definition) is 5. The van der Waals surface area contributed by atoms with Crippen molar-refractivity contribution < 1.29 is 14.6 Å². The molecule has 1 unspecified atom stereocenters. The molecule has 1 aromatic carbocycles. The van der Waals surface area contributed by atoms with Crippen LogP contribution in [0.1, 0.15) is 22.8 Å². The normalized spacial score (nSPS) is 17.8. The van der Waals surface area contributed by atoms with Crippen molar-refractivity contribution in [3.63, 3.8) is 0 Å². The highest BCUT2D eigenvalue weighted by atomic mass is 16.5. The van der Waals surface area contributed by atoms with Crippen molar-refractivity contribution in [1.29, 1.82) is 0 Å². The molecule has 0 saturated carbocycles. The predicted molar refractivity (Wildman–Crippen MR) is 83.2 cm³/mol. The fourth-order valence-electron chi connectivity index (χ4n) is 2.96. The number of methoxy groups -OCH3 is 1. The monoisotopic (exact) mass is 316 g/mol. The average Bonchev–Trinajstić information content (AvgIpc) is 2.89. The second-order valence-corrected chi connectivity index (χ2v) is 5.84. The molecule has 2 aromatic rings. The van der Waals surface area contributed by atoms with E-state index >= 15 is 0 Å². The van der Waals surface area contributed by atoms with Gasteiger partial charge in [0.2, 0.25) is 0 Å². The number of benzene rings is 1. The van der Waals surface area contributed by atoms with Crippen molar-refractivity contribution >= 4 is 5.97 Å². The lowest BCUT2D eigenvalue weighted by molar-refractivity contribution is -0.145. The quantitative estimate of drug-likeness (QED) is 0.917. The van der Waals surface area contributed by atoms with Crippen LogP contribution in [0.15, 0.2) is 18.2 Å². The van der Waals surface area contributed by atoms with Crippen LogP contribution in [0.4, 0.5) is 0 Å². The van der Waals surface area contributed by atoms with Gasteiger partial charge in [-0.25, -0.2) is 0 Å². The summed E-state index contributed by atoms with van der Waals surface area (Å²) in [4.78, 5) is 13.6.